The van der Waals surface area contributed by atoms with Crippen LogP contribution in [0.1, 0.15) is 22.2 Å². The highest BCUT2D eigenvalue weighted by atomic mass is 32.1. The van der Waals surface area contributed by atoms with Crippen LogP contribution in [-0.2, 0) is 20.9 Å². The van der Waals surface area contributed by atoms with Crippen molar-refractivity contribution in [2.45, 2.75) is 19.6 Å². The molecule has 3 N–H and O–H groups in total. The van der Waals surface area contributed by atoms with Gasteiger partial charge in [-0.25, -0.2) is 4.79 Å². The van der Waals surface area contributed by atoms with Gasteiger partial charge in [0.25, 0.3) is 11.8 Å². The van der Waals surface area contributed by atoms with Gasteiger partial charge in [0.05, 0.1) is 12.1 Å². The zero-order valence-electron chi connectivity index (χ0n) is 13.6. The van der Waals surface area contributed by atoms with Gasteiger partial charge in [0.1, 0.15) is 5.75 Å². The number of hydrogen-bond acceptors (Lipinski definition) is 6. The average molecular weight is 362 g/mol. The van der Waals surface area contributed by atoms with E-state index >= 15 is 0 Å². The Bertz CT molecular complexity index is 728. The third kappa shape index (κ3) is 5.92. The van der Waals surface area contributed by atoms with Gasteiger partial charge in [0.2, 0.25) is 0 Å². The van der Waals surface area contributed by atoms with E-state index in [1.165, 1.54) is 42.5 Å². The molecule has 0 saturated carbocycles. The molecule has 132 valence electrons. The summed E-state index contributed by atoms with van der Waals surface area (Å²) in [6.45, 7) is 1.65. The molecule has 25 heavy (non-hydrogen) atoms. The fraction of sp³-hybridized carbons (Fsp3) is 0.235. The van der Waals surface area contributed by atoms with Crippen LogP contribution < -0.4 is 15.8 Å². The summed E-state index contributed by atoms with van der Waals surface area (Å²) in [6, 6.07) is 9.79. The average Bonchev–Trinajstić information content (AvgIpc) is 3.11. The molecule has 0 saturated heterocycles. The third-order valence-corrected chi connectivity index (χ3v) is 4.02. The molecule has 0 spiro atoms. The molecule has 1 heterocycles. The first kappa shape index (κ1) is 18.5. The van der Waals surface area contributed by atoms with Crippen LogP contribution in [0.15, 0.2) is 41.8 Å². The second-order valence-electron chi connectivity index (χ2n) is 5.12. The highest BCUT2D eigenvalue weighted by Crippen LogP contribution is 2.14. The second-order valence-corrected chi connectivity index (χ2v) is 6.16. The van der Waals surface area contributed by atoms with Gasteiger partial charge < -0.3 is 20.5 Å². The number of amides is 2. The zero-order valence-corrected chi connectivity index (χ0v) is 14.4. The molecule has 1 aromatic carbocycles. The predicted molar refractivity (Wildman–Crippen MR) is 92.2 cm³/mol. The number of benzene rings is 1. The lowest BCUT2D eigenvalue weighted by Crippen LogP contribution is -2.35. The molecule has 0 aliphatic carbocycles. The fourth-order valence-electron chi connectivity index (χ4n) is 1.85. The molecule has 0 radical (unpaired) electrons. The number of carbonyl (C=O) groups excluding carboxylic acids is 3. The number of ether oxygens (including phenoxy) is 2. The standard InChI is InChI=1S/C17H18N2O5S/c1-11(16(21)19-9-14-3-2-8-25-14)24-17(22)12-4-6-13(7-5-12)23-10-15(18)20/h2-8,11H,9-10H2,1H3,(H2,18,20)(H,19,21)/t11-/m0/s1. The monoisotopic (exact) mass is 362 g/mol. The summed E-state index contributed by atoms with van der Waals surface area (Å²) in [6.07, 6.45) is -0.918. The number of rotatable bonds is 8. The maximum absolute atomic E-state index is 12.1. The van der Waals surface area contributed by atoms with E-state index in [9.17, 15) is 14.4 Å². The number of primary amides is 1. The van der Waals surface area contributed by atoms with Crippen LogP contribution in [-0.4, -0.2) is 30.5 Å². The maximum atomic E-state index is 12.1. The SMILES string of the molecule is C[C@H](OC(=O)c1ccc(OCC(N)=O)cc1)C(=O)NCc1cccs1. The lowest BCUT2D eigenvalue weighted by Gasteiger charge is -2.13. The Labute approximate surface area is 148 Å². The van der Waals surface area contributed by atoms with E-state index in [1.54, 1.807) is 0 Å². The quantitative estimate of drug-likeness (QED) is 0.692. The van der Waals surface area contributed by atoms with Gasteiger partial charge in [-0.3, -0.25) is 9.59 Å². The van der Waals surface area contributed by atoms with Crippen molar-refractivity contribution in [3.8, 4) is 5.75 Å². The van der Waals surface area contributed by atoms with E-state index < -0.39 is 18.0 Å². The van der Waals surface area contributed by atoms with Crippen LogP contribution >= 0.6 is 11.3 Å². The van der Waals surface area contributed by atoms with Crippen LogP contribution in [0.4, 0.5) is 0 Å². The first-order valence-corrected chi connectivity index (χ1v) is 8.36. The molecular formula is C17H18N2O5S. The van der Waals surface area contributed by atoms with Gasteiger partial charge in [0, 0.05) is 4.88 Å². The summed E-state index contributed by atoms with van der Waals surface area (Å²) in [5, 5.41) is 4.63. The largest absolute Gasteiger partial charge is 0.484 e. The van der Waals surface area contributed by atoms with E-state index in [-0.39, 0.29) is 18.1 Å². The van der Waals surface area contributed by atoms with Crippen LogP contribution in [0, 0.1) is 0 Å². The maximum Gasteiger partial charge on any atom is 0.338 e. The van der Waals surface area contributed by atoms with Crippen molar-refractivity contribution in [1.29, 1.82) is 0 Å². The lowest BCUT2D eigenvalue weighted by atomic mass is 10.2. The molecule has 0 aliphatic rings. The normalized spacial score (nSPS) is 11.4. The van der Waals surface area contributed by atoms with Crippen molar-refractivity contribution in [2.24, 2.45) is 5.73 Å². The molecule has 2 rings (SSSR count). The fourth-order valence-corrected chi connectivity index (χ4v) is 2.50. The Morgan fingerprint density at radius 1 is 1.20 bits per heavy atom. The van der Waals surface area contributed by atoms with Crippen molar-refractivity contribution in [2.75, 3.05) is 6.61 Å². The van der Waals surface area contributed by atoms with Crippen molar-refractivity contribution in [3.63, 3.8) is 0 Å². The molecule has 1 aromatic heterocycles. The van der Waals surface area contributed by atoms with Crippen molar-refractivity contribution < 1.29 is 23.9 Å². The molecule has 0 bridgehead atoms. The molecule has 8 heteroatoms. The second kappa shape index (κ2) is 8.84. The van der Waals surface area contributed by atoms with Gasteiger partial charge in [-0.15, -0.1) is 11.3 Å². The van der Waals surface area contributed by atoms with Crippen LogP contribution in [0.2, 0.25) is 0 Å². The van der Waals surface area contributed by atoms with E-state index in [1.807, 2.05) is 17.5 Å². The summed E-state index contributed by atoms with van der Waals surface area (Å²) >= 11 is 1.53. The number of nitrogens with two attached hydrogens (primary N) is 1. The number of thiophene rings is 1. The molecule has 0 unspecified atom stereocenters. The topological polar surface area (TPSA) is 108 Å². The number of hydrogen-bond donors (Lipinski definition) is 2. The highest BCUT2D eigenvalue weighted by molar-refractivity contribution is 7.09. The molecule has 0 fully saturated rings. The van der Waals surface area contributed by atoms with Gasteiger partial charge >= 0.3 is 5.97 Å². The van der Waals surface area contributed by atoms with E-state index in [2.05, 4.69) is 5.32 Å². The molecular weight excluding hydrogens is 344 g/mol. The highest BCUT2D eigenvalue weighted by Gasteiger charge is 2.18. The van der Waals surface area contributed by atoms with Gasteiger partial charge in [-0.05, 0) is 42.6 Å². The summed E-state index contributed by atoms with van der Waals surface area (Å²) < 4.78 is 10.2. The molecule has 0 aliphatic heterocycles. The van der Waals surface area contributed by atoms with E-state index in [0.29, 0.717) is 12.3 Å². The minimum atomic E-state index is -0.918. The molecule has 7 nitrogen and oxygen atoms in total. The summed E-state index contributed by atoms with van der Waals surface area (Å²) in [5.74, 6) is -1.19. The van der Waals surface area contributed by atoms with E-state index in [4.69, 9.17) is 15.2 Å². The first-order chi connectivity index (χ1) is 12.0. The van der Waals surface area contributed by atoms with Gasteiger partial charge in [-0.2, -0.15) is 0 Å². The molecule has 2 amide bonds. The summed E-state index contributed by atoms with van der Waals surface area (Å²) in [7, 11) is 0. The van der Waals surface area contributed by atoms with Crippen LogP contribution in [0.25, 0.3) is 0 Å². The number of esters is 1. The van der Waals surface area contributed by atoms with Crippen LogP contribution in [0.3, 0.4) is 0 Å². The Hall–Kier alpha value is -2.87. The Morgan fingerprint density at radius 3 is 2.52 bits per heavy atom. The Kier molecular flexibility index (Phi) is 6.53. The summed E-state index contributed by atoms with van der Waals surface area (Å²) in [4.78, 5) is 35.7. The minimum Gasteiger partial charge on any atom is -0.484 e. The third-order valence-electron chi connectivity index (χ3n) is 3.14. The zero-order chi connectivity index (χ0) is 18.2. The number of carbonyl (C=O) groups is 3. The Morgan fingerprint density at radius 2 is 1.92 bits per heavy atom. The number of nitrogens with one attached hydrogen (secondary N) is 1. The minimum absolute atomic E-state index is 0.245. The van der Waals surface area contributed by atoms with Gasteiger partial charge in [-0.1, -0.05) is 6.07 Å². The molecule has 1 atom stereocenters. The van der Waals surface area contributed by atoms with Crippen molar-refractivity contribution in [1.82, 2.24) is 5.32 Å². The van der Waals surface area contributed by atoms with Crippen LogP contribution in [0.5, 0.6) is 5.75 Å². The predicted octanol–water partition coefficient (Wildman–Crippen LogP) is 1.47. The van der Waals surface area contributed by atoms with E-state index in [0.717, 1.165) is 4.88 Å². The Balaban J connectivity index is 1.83. The van der Waals surface area contributed by atoms with Crippen molar-refractivity contribution in [3.05, 3.63) is 52.2 Å². The summed E-state index contributed by atoms with van der Waals surface area (Å²) in [5.41, 5.74) is 5.25. The van der Waals surface area contributed by atoms with Gasteiger partial charge in [0.15, 0.2) is 12.7 Å². The smallest absolute Gasteiger partial charge is 0.338 e. The first-order valence-electron chi connectivity index (χ1n) is 7.48. The molecule has 2 aromatic rings. The van der Waals surface area contributed by atoms with Crippen molar-refractivity contribution >= 4 is 29.1 Å². The lowest BCUT2D eigenvalue weighted by molar-refractivity contribution is -0.129.